The lowest BCUT2D eigenvalue weighted by Crippen LogP contribution is -2.37. The van der Waals surface area contributed by atoms with Gasteiger partial charge in [-0.25, -0.2) is 0 Å². The molecule has 1 N–H and O–H groups in total. The van der Waals surface area contributed by atoms with Crippen molar-refractivity contribution in [2.24, 2.45) is 5.92 Å². The van der Waals surface area contributed by atoms with Crippen LogP contribution >= 0.6 is 0 Å². The first-order valence-electron chi connectivity index (χ1n) is 7.83. The Morgan fingerprint density at radius 1 is 1.43 bits per heavy atom. The van der Waals surface area contributed by atoms with Crippen LogP contribution in [0.15, 0.2) is 30.3 Å². The summed E-state index contributed by atoms with van der Waals surface area (Å²) >= 11 is 0. The van der Waals surface area contributed by atoms with E-state index in [4.69, 9.17) is 0 Å². The monoisotopic (exact) mass is 318 g/mol. The van der Waals surface area contributed by atoms with Crippen molar-refractivity contribution in [1.29, 1.82) is 0 Å². The Morgan fingerprint density at radius 2 is 2.17 bits per heavy atom. The van der Waals surface area contributed by atoms with Gasteiger partial charge in [0.25, 0.3) is 5.69 Å². The van der Waals surface area contributed by atoms with Gasteiger partial charge in [-0.2, -0.15) is 0 Å². The molecule has 1 amide bonds. The average molecular weight is 318 g/mol. The number of rotatable bonds is 5. The summed E-state index contributed by atoms with van der Waals surface area (Å²) in [6, 6.07) is 6.14. The van der Waals surface area contributed by atoms with Crippen molar-refractivity contribution in [2.75, 3.05) is 13.6 Å². The van der Waals surface area contributed by atoms with E-state index in [0.717, 1.165) is 25.7 Å². The number of amides is 1. The van der Waals surface area contributed by atoms with Gasteiger partial charge in [-0.15, -0.1) is 0 Å². The predicted octanol–water partition coefficient (Wildman–Crippen LogP) is 2.62. The predicted molar refractivity (Wildman–Crippen MR) is 87.7 cm³/mol. The molecule has 0 spiro atoms. The third kappa shape index (κ3) is 4.89. The van der Waals surface area contributed by atoms with Crippen LogP contribution in [-0.4, -0.2) is 40.5 Å². The van der Waals surface area contributed by atoms with Crippen LogP contribution in [-0.2, 0) is 4.79 Å². The third-order valence-corrected chi connectivity index (χ3v) is 4.25. The van der Waals surface area contributed by atoms with Crippen LogP contribution < -0.4 is 0 Å². The lowest BCUT2D eigenvalue weighted by molar-refractivity contribution is -0.384. The van der Waals surface area contributed by atoms with Crippen LogP contribution in [0, 0.1) is 16.0 Å². The lowest BCUT2D eigenvalue weighted by Gasteiger charge is -2.30. The maximum absolute atomic E-state index is 12.1. The highest BCUT2D eigenvalue weighted by atomic mass is 16.6. The quantitative estimate of drug-likeness (QED) is 0.514. The fourth-order valence-electron chi connectivity index (χ4n) is 2.88. The highest BCUT2D eigenvalue weighted by Gasteiger charge is 2.25. The van der Waals surface area contributed by atoms with Gasteiger partial charge in [0.05, 0.1) is 11.0 Å². The van der Waals surface area contributed by atoms with Crippen LogP contribution in [0.2, 0.25) is 0 Å². The van der Waals surface area contributed by atoms with Crippen molar-refractivity contribution >= 4 is 17.7 Å². The van der Waals surface area contributed by atoms with Gasteiger partial charge in [0.2, 0.25) is 5.91 Å². The molecule has 1 saturated carbocycles. The van der Waals surface area contributed by atoms with Crippen LogP contribution in [0.25, 0.3) is 6.08 Å². The van der Waals surface area contributed by atoms with Crippen LogP contribution in [0.4, 0.5) is 5.69 Å². The van der Waals surface area contributed by atoms with Crippen LogP contribution in [0.1, 0.15) is 31.2 Å². The summed E-state index contributed by atoms with van der Waals surface area (Å²) in [4.78, 5) is 24.0. The minimum atomic E-state index is -0.463. The molecule has 1 aromatic rings. The van der Waals surface area contributed by atoms with E-state index in [2.05, 4.69) is 0 Å². The van der Waals surface area contributed by atoms with E-state index >= 15 is 0 Å². The minimum absolute atomic E-state index is 0.00159. The number of aliphatic hydroxyl groups is 1. The SMILES string of the molecule is CN(CC1CCCCC1O)C(=O)/C=C/c1cccc([N+](=O)[O-])c1. The zero-order chi connectivity index (χ0) is 16.8. The Balaban J connectivity index is 1.94. The van der Waals surface area contributed by atoms with Gasteiger partial charge in [-0.1, -0.05) is 25.0 Å². The molecular formula is C17H22N2O4. The summed E-state index contributed by atoms with van der Waals surface area (Å²) in [5, 5.41) is 20.7. The van der Waals surface area contributed by atoms with Crippen molar-refractivity contribution < 1.29 is 14.8 Å². The summed E-state index contributed by atoms with van der Waals surface area (Å²) in [5.41, 5.74) is 0.608. The molecule has 2 rings (SSSR count). The van der Waals surface area contributed by atoms with E-state index in [-0.39, 0.29) is 23.6 Å². The molecule has 0 aliphatic heterocycles. The molecule has 6 heteroatoms. The molecule has 0 saturated heterocycles. The molecule has 0 radical (unpaired) electrons. The highest BCUT2D eigenvalue weighted by Crippen LogP contribution is 2.25. The number of nitro benzene ring substituents is 1. The van der Waals surface area contributed by atoms with Crippen LogP contribution in [0.3, 0.4) is 0 Å². The zero-order valence-corrected chi connectivity index (χ0v) is 13.2. The molecule has 2 unspecified atom stereocenters. The van der Waals surface area contributed by atoms with Gasteiger partial charge in [-0.05, 0) is 24.5 Å². The minimum Gasteiger partial charge on any atom is -0.393 e. The molecule has 1 fully saturated rings. The van der Waals surface area contributed by atoms with E-state index in [1.54, 1.807) is 30.2 Å². The molecule has 0 bridgehead atoms. The van der Waals surface area contributed by atoms with E-state index in [1.807, 2.05) is 0 Å². The van der Waals surface area contributed by atoms with Gasteiger partial charge in [-0.3, -0.25) is 14.9 Å². The summed E-state index contributed by atoms with van der Waals surface area (Å²) in [6.07, 6.45) is 6.52. The molecule has 1 aliphatic rings. The Bertz CT molecular complexity index is 600. The van der Waals surface area contributed by atoms with Crippen molar-refractivity contribution in [3.05, 3.63) is 46.0 Å². The smallest absolute Gasteiger partial charge is 0.270 e. The van der Waals surface area contributed by atoms with E-state index < -0.39 is 4.92 Å². The highest BCUT2D eigenvalue weighted by molar-refractivity contribution is 5.91. The van der Waals surface area contributed by atoms with Crippen molar-refractivity contribution in [3.8, 4) is 0 Å². The number of non-ortho nitro benzene ring substituents is 1. The number of aliphatic hydroxyl groups excluding tert-OH is 1. The number of likely N-dealkylation sites (N-methyl/N-ethyl adjacent to an activating group) is 1. The molecule has 6 nitrogen and oxygen atoms in total. The van der Waals surface area contributed by atoms with Crippen molar-refractivity contribution in [2.45, 2.75) is 31.8 Å². The summed E-state index contributed by atoms with van der Waals surface area (Å²) < 4.78 is 0. The molecule has 124 valence electrons. The van der Waals surface area contributed by atoms with E-state index in [0.29, 0.717) is 12.1 Å². The van der Waals surface area contributed by atoms with Gasteiger partial charge in [0, 0.05) is 37.7 Å². The maximum atomic E-state index is 12.1. The first kappa shape index (κ1) is 17.1. The number of nitrogens with zero attached hydrogens (tertiary/aromatic N) is 2. The first-order valence-corrected chi connectivity index (χ1v) is 7.83. The second-order valence-corrected chi connectivity index (χ2v) is 6.02. The molecular weight excluding hydrogens is 296 g/mol. The van der Waals surface area contributed by atoms with Gasteiger partial charge < -0.3 is 10.0 Å². The normalized spacial score (nSPS) is 21.3. The second-order valence-electron chi connectivity index (χ2n) is 6.02. The first-order chi connectivity index (χ1) is 11.0. The number of nitro groups is 1. The molecule has 2 atom stereocenters. The van der Waals surface area contributed by atoms with Crippen molar-refractivity contribution in [3.63, 3.8) is 0 Å². The number of benzene rings is 1. The second kappa shape index (κ2) is 7.87. The lowest BCUT2D eigenvalue weighted by atomic mass is 9.86. The molecule has 0 heterocycles. The Hall–Kier alpha value is -2.21. The summed E-state index contributed by atoms with van der Waals surface area (Å²) in [6.45, 7) is 0.527. The van der Waals surface area contributed by atoms with Crippen molar-refractivity contribution in [1.82, 2.24) is 4.90 Å². The van der Waals surface area contributed by atoms with E-state index in [9.17, 15) is 20.0 Å². The number of carbonyl (C=O) groups excluding carboxylic acids is 1. The van der Waals surface area contributed by atoms with Crippen LogP contribution in [0.5, 0.6) is 0 Å². The van der Waals surface area contributed by atoms with Gasteiger partial charge in [0.1, 0.15) is 0 Å². The topological polar surface area (TPSA) is 83.7 Å². The Kier molecular flexibility index (Phi) is 5.87. The molecule has 1 aliphatic carbocycles. The standard InChI is InChI=1S/C17H22N2O4/c1-18(12-14-6-2-3-8-16(14)20)17(21)10-9-13-5-4-7-15(11-13)19(22)23/h4-5,7,9-11,14,16,20H,2-3,6,8,12H2,1H3/b10-9+. The fourth-order valence-corrected chi connectivity index (χ4v) is 2.88. The van der Waals surface area contributed by atoms with Gasteiger partial charge in [0.15, 0.2) is 0 Å². The van der Waals surface area contributed by atoms with Gasteiger partial charge >= 0.3 is 0 Å². The fraction of sp³-hybridized carbons (Fsp3) is 0.471. The largest absolute Gasteiger partial charge is 0.393 e. The van der Waals surface area contributed by atoms with E-state index in [1.165, 1.54) is 18.2 Å². The Morgan fingerprint density at radius 3 is 2.87 bits per heavy atom. The average Bonchev–Trinajstić information content (AvgIpc) is 2.55. The summed E-state index contributed by atoms with van der Waals surface area (Å²) in [7, 11) is 1.71. The summed E-state index contributed by atoms with van der Waals surface area (Å²) in [5.74, 6) is -0.0433. The zero-order valence-electron chi connectivity index (χ0n) is 13.2. The number of carbonyl (C=O) groups is 1. The third-order valence-electron chi connectivity index (χ3n) is 4.25. The number of hydrogen-bond donors (Lipinski definition) is 1. The molecule has 23 heavy (non-hydrogen) atoms. The molecule has 0 aromatic heterocycles. The Labute approximate surface area is 135 Å². The number of hydrogen-bond acceptors (Lipinski definition) is 4. The maximum Gasteiger partial charge on any atom is 0.270 e. The molecule has 1 aromatic carbocycles.